The zero-order chi connectivity index (χ0) is 22.8. The first-order valence-corrected chi connectivity index (χ1v) is 13.1. The van der Waals surface area contributed by atoms with E-state index in [1.54, 1.807) is 27.7 Å². The van der Waals surface area contributed by atoms with Gasteiger partial charge in [-0.2, -0.15) is 0 Å². The molecule has 2 aromatic carbocycles. The number of nitrogens with zero attached hydrogens (tertiary/aromatic N) is 3. The van der Waals surface area contributed by atoms with E-state index in [4.69, 9.17) is 4.98 Å². The Kier molecular flexibility index (Phi) is 6.49. The monoisotopic (exact) mass is 473 g/mol. The van der Waals surface area contributed by atoms with Gasteiger partial charge in [-0.25, -0.2) is 4.98 Å². The molecule has 0 N–H and O–H groups in total. The molecule has 6 heteroatoms. The number of thioether (sulfide) groups is 1. The van der Waals surface area contributed by atoms with Crippen LogP contribution in [0.15, 0.2) is 82.8 Å². The van der Waals surface area contributed by atoms with Crippen LogP contribution in [0.2, 0.25) is 0 Å². The minimum atomic E-state index is 0.0469. The van der Waals surface area contributed by atoms with E-state index in [0.29, 0.717) is 0 Å². The van der Waals surface area contributed by atoms with Crippen molar-refractivity contribution in [3.05, 3.63) is 99.2 Å². The van der Waals surface area contributed by atoms with Crippen LogP contribution in [0.4, 0.5) is 0 Å². The molecular formula is C27H27N3OS2. The van der Waals surface area contributed by atoms with E-state index in [9.17, 15) is 4.79 Å². The van der Waals surface area contributed by atoms with Gasteiger partial charge in [-0.05, 0) is 43.0 Å². The molecule has 2 aromatic heterocycles. The molecule has 1 aliphatic rings. The summed E-state index contributed by atoms with van der Waals surface area (Å²) < 4.78 is 1.78. The molecule has 5 rings (SSSR count). The molecule has 4 nitrogen and oxygen atoms in total. The quantitative estimate of drug-likeness (QED) is 0.196. The van der Waals surface area contributed by atoms with E-state index in [0.717, 1.165) is 64.9 Å². The lowest BCUT2D eigenvalue weighted by Gasteiger charge is -2.26. The number of para-hydroxylation sites is 1. The summed E-state index contributed by atoms with van der Waals surface area (Å²) in [6.07, 6.45) is 1.94. The summed E-state index contributed by atoms with van der Waals surface area (Å²) in [4.78, 5) is 23.4. The van der Waals surface area contributed by atoms with Crippen LogP contribution >= 0.6 is 23.1 Å². The van der Waals surface area contributed by atoms with Gasteiger partial charge in [0.15, 0.2) is 5.16 Å². The van der Waals surface area contributed by atoms with Crippen LogP contribution < -0.4 is 5.56 Å². The van der Waals surface area contributed by atoms with E-state index in [1.807, 2.05) is 37.3 Å². The highest BCUT2D eigenvalue weighted by atomic mass is 32.2. The highest BCUT2D eigenvalue weighted by molar-refractivity contribution is 7.99. The molecule has 0 fully saturated rings. The maximum Gasteiger partial charge on any atom is 0.267 e. The van der Waals surface area contributed by atoms with Gasteiger partial charge in [0, 0.05) is 30.3 Å². The first-order chi connectivity index (χ1) is 16.1. The van der Waals surface area contributed by atoms with Crippen LogP contribution in [-0.4, -0.2) is 33.3 Å². The third-order valence-electron chi connectivity index (χ3n) is 5.94. The van der Waals surface area contributed by atoms with Gasteiger partial charge in [-0.3, -0.25) is 14.3 Å². The topological polar surface area (TPSA) is 38.1 Å². The summed E-state index contributed by atoms with van der Waals surface area (Å²) in [5.74, 6) is 0.739. The standard InChI is InChI=1S/C27H27N3OS2/c1-19(2)18-32-27-28-25-24(26(31)30(27)21-11-7-4-8-12-21)22-14-16-29(17-23(22)33-25)15-13-20-9-5-3-6-10-20/h3-12H,1,13-18H2,2H3. The Hall–Kier alpha value is -2.67. The van der Waals surface area contributed by atoms with Crippen LogP contribution in [0.25, 0.3) is 15.9 Å². The van der Waals surface area contributed by atoms with Gasteiger partial charge in [0.1, 0.15) is 4.83 Å². The fourth-order valence-corrected chi connectivity index (χ4v) is 6.45. The second-order valence-electron chi connectivity index (χ2n) is 8.56. The van der Waals surface area contributed by atoms with Gasteiger partial charge in [-0.15, -0.1) is 11.3 Å². The Balaban J connectivity index is 1.50. The predicted molar refractivity (Wildman–Crippen MR) is 140 cm³/mol. The molecule has 0 bridgehead atoms. The minimum Gasteiger partial charge on any atom is -0.298 e. The summed E-state index contributed by atoms with van der Waals surface area (Å²) in [5.41, 5.74) is 4.54. The summed E-state index contributed by atoms with van der Waals surface area (Å²) >= 11 is 3.27. The Bertz CT molecular complexity index is 1340. The van der Waals surface area contributed by atoms with Crippen molar-refractivity contribution in [1.82, 2.24) is 14.5 Å². The molecular weight excluding hydrogens is 446 g/mol. The molecule has 33 heavy (non-hydrogen) atoms. The van der Waals surface area contributed by atoms with Gasteiger partial charge >= 0.3 is 0 Å². The van der Waals surface area contributed by atoms with Crippen molar-refractivity contribution < 1.29 is 0 Å². The highest BCUT2D eigenvalue weighted by Crippen LogP contribution is 2.34. The van der Waals surface area contributed by atoms with E-state index in [2.05, 4.69) is 41.8 Å². The van der Waals surface area contributed by atoms with Crippen molar-refractivity contribution in [2.24, 2.45) is 0 Å². The van der Waals surface area contributed by atoms with Crippen LogP contribution in [0, 0.1) is 0 Å². The molecule has 0 radical (unpaired) electrons. The second kappa shape index (κ2) is 9.67. The number of thiophene rings is 1. The lowest BCUT2D eigenvalue weighted by Crippen LogP contribution is -2.32. The Morgan fingerprint density at radius 1 is 1.12 bits per heavy atom. The Labute approximate surface area is 202 Å². The van der Waals surface area contributed by atoms with Crippen molar-refractivity contribution in [1.29, 1.82) is 0 Å². The molecule has 1 aliphatic heterocycles. The van der Waals surface area contributed by atoms with E-state index in [1.165, 1.54) is 16.0 Å². The molecule has 4 aromatic rings. The lowest BCUT2D eigenvalue weighted by atomic mass is 10.0. The maximum atomic E-state index is 13.8. The van der Waals surface area contributed by atoms with Gasteiger partial charge in [0.2, 0.25) is 0 Å². The summed E-state index contributed by atoms with van der Waals surface area (Å²) in [7, 11) is 0. The van der Waals surface area contributed by atoms with Gasteiger partial charge in [0.05, 0.1) is 11.1 Å². The molecule has 3 heterocycles. The fraction of sp³-hybridized carbons (Fsp3) is 0.259. The SMILES string of the molecule is C=C(C)CSc1nc2sc3c(c2c(=O)n1-c1ccccc1)CCN(CCc1ccccc1)C3. The molecule has 168 valence electrons. The van der Waals surface area contributed by atoms with Crippen molar-refractivity contribution in [3.63, 3.8) is 0 Å². The molecule has 0 aliphatic carbocycles. The Morgan fingerprint density at radius 3 is 2.58 bits per heavy atom. The van der Waals surface area contributed by atoms with Crippen molar-refractivity contribution in [2.75, 3.05) is 18.8 Å². The molecule has 0 saturated carbocycles. The second-order valence-corrected chi connectivity index (χ2v) is 10.6. The maximum absolute atomic E-state index is 13.8. The first kappa shape index (κ1) is 22.1. The van der Waals surface area contributed by atoms with E-state index in [-0.39, 0.29) is 5.56 Å². The minimum absolute atomic E-state index is 0.0469. The molecule has 0 unspecified atom stereocenters. The van der Waals surface area contributed by atoms with E-state index < -0.39 is 0 Å². The van der Waals surface area contributed by atoms with Crippen LogP contribution in [0.5, 0.6) is 0 Å². The average Bonchev–Trinajstić information content (AvgIpc) is 3.20. The zero-order valence-corrected chi connectivity index (χ0v) is 20.4. The first-order valence-electron chi connectivity index (χ1n) is 11.3. The summed E-state index contributed by atoms with van der Waals surface area (Å²) in [5, 5.41) is 1.54. The summed E-state index contributed by atoms with van der Waals surface area (Å²) in [6, 6.07) is 20.5. The number of rotatable bonds is 7. The smallest absolute Gasteiger partial charge is 0.267 e. The van der Waals surface area contributed by atoms with E-state index >= 15 is 0 Å². The normalized spacial score (nSPS) is 13.8. The highest BCUT2D eigenvalue weighted by Gasteiger charge is 2.25. The number of hydrogen-bond donors (Lipinski definition) is 0. The zero-order valence-electron chi connectivity index (χ0n) is 18.8. The van der Waals surface area contributed by atoms with Gasteiger partial charge in [-0.1, -0.05) is 72.4 Å². The number of aromatic nitrogens is 2. The predicted octanol–water partition coefficient (Wildman–Crippen LogP) is 5.72. The van der Waals surface area contributed by atoms with Crippen LogP contribution in [0.1, 0.15) is 22.9 Å². The number of fused-ring (bicyclic) bond motifs is 3. The molecule has 0 saturated heterocycles. The third kappa shape index (κ3) is 4.69. The van der Waals surface area contributed by atoms with Crippen molar-refractivity contribution >= 4 is 33.3 Å². The molecule has 0 spiro atoms. The molecule has 0 amide bonds. The van der Waals surface area contributed by atoms with Gasteiger partial charge in [0.25, 0.3) is 5.56 Å². The summed E-state index contributed by atoms with van der Waals surface area (Å²) in [6.45, 7) is 8.92. The van der Waals surface area contributed by atoms with Gasteiger partial charge < -0.3 is 0 Å². The average molecular weight is 474 g/mol. The van der Waals surface area contributed by atoms with Crippen LogP contribution in [-0.2, 0) is 19.4 Å². The fourth-order valence-electron chi connectivity index (χ4n) is 4.29. The largest absolute Gasteiger partial charge is 0.298 e. The number of benzene rings is 2. The van der Waals surface area contributed by atoms with Crippen molar-refractivity contribution in [2.45, 2.75) is 31.5 Å². The lowest BCUT2D eigenvalue weighted by molar-refractivity contribution is 0.261. The third-order valence-corrected chi connectivity index (χ3v) is 8.22. The molecule has 0 atom stereocenters. The number of hydrogen-bond acceptors (Lipinski definition) is 5. The Morgan fingerprint density at radius 2 is 1.85 bits per heavy atom. The van der Waals surface area contributed by atoms with Crippen molar-refractivity contribution in [3.8, 4) is 5.69 Å². The van der Waals surface area contributed by atoms with Crippen LogP contribution in [0.3, 0.4) is 0 Å².